The standard InChI is InChI=1S/C29H47N5O7/c1-8-14-28(6,10-3)17-21(35)18-32-24(38)30(15-9-2)25(39)33(26(32)40)20-22(36)19-31-23(37)13-16-34(27(31)41)29(7,11-4)12-5/h9,13,16,21-22,35-36H,2,8,10-12,14-15,17-20H2,1,3-7H3. The molecular formula is C29H47N5O7. The van der Waals surface area contributed by atoms with Crippen LogP contribution in [0.1, 0.15) is 80.1 Å². The Hall–Kier alpha value is -3.25. The van der Waals surface area contributed by atoms with Gasteiger partial charge >= 0.3 is 22.8 Å². The van der Waals surface area contributed by atoms with Gasteiger partial charge in [0.2, 0.25) is 0 Å². The number of allylic oxidation sites excluding steroid dienone is 1. The van der Waals surface area contributed by atoms with Gasteiger partial charge in [-0.2, -0.15) is 0 Å². The maximum absolute atomic E-state index is 13.4. The van der Waals surface area contributed by atoms with Crippen molar-refractivity contribution in [1.82, 2.24) is 22.8 Å². The van der Waals surface area contributed by atoms with Crippen LogP contribution in [-0.2, 0) is 31.7 Å². The quantitative estimate of drug-likeness (QED) is 0.285. The van der Waals surface area contributed by atoms with Crippen LogP contribution in [0.2, 0.25) is 0 Å². The van der Waals surface area contributed by atoms with Crippen molar-refractivity contribution >= 4 is 0 Å². The normalized spacial score (nSPS) is 14.9. The van der Waals surface area contributed by atoms with E-state index in [0.717, 1.165) is 33.0 Å². The van der Waals surface area contributed by atoms with Crippen molar-refractivity contribution in [2.45, 2.75) is 124 Å². The molecule has 0 aliphatic carbocycles. The van der Waals surface area contributed by atoms with Gasteiger partial charge in [0.05, 0.1) is 38.4 Å². The summed E-state index contributed by atoms with van der Waals surface area (Å²) >= 11 is 0. The number of aliphatic hydroxyl groups is 2. The molecule has 3 atom stereocenters. The monoisotopic (exact) mass is 577 g/mol. The maximum atomic E-state index is 13.4. The van der Waals surface area contributed by atoms with Gasteiger partial charge in [0, 0.05) is 17.8 Å². The van der Waals surface area contributed by atoms with Gasteiger partial charge in [-0.05, 0) is 38.0 Å². The van der Waals surface area contributed by atoms with E-state index in [1.165, 1.54) is 22.9 Å². The van der Waals surface area contributed by atoms with Gasteiger partial charge in [0.25, 0.3) is 5.56 Å². The Labute approximate surface area is 239 Å². The molecule has 0 fully saturated rings. The first-order valence-electron chi connectivity index (χ1n) is 14.5. The second-order valence-electron chi connectivity index (χ2n) is 11.5. The van der Waals surface area contributed by atoms with Gasteiger partial charge in [0.15, 0.2) is 0 Å². The van der Waals surface area contributed by atoms with Crippen LogP contribution in [-0.4, -0.2) is 45.3 Å². The topological polar surface area (TPSA) is 150 Å². The zero-order chi connectivity index (χ0) is 31.1. The number of aromatic nitrogens is 5. The van der Waals surface area contributed by atoms with Crippen LogP contribution in [0.3, 0.4) is 0 Å². The number of hydrogen-bond donors (Lipinski definition) is 2. The highest BCUT2D eigenvalue weighted by atomic mass is 16.3. The fraction of sp³-hybridized carbons (Fsp3) is 0.690. The molecule has 0 spiro atoms. The molecule has 230 valence electrons. The molecule has 0 aliphatic rings. The molecule has 0 saturated heterocycles. The first-order valence-corrected chi connectivity index (χ1v) is 14.5. The fourth-order valence-corrected chi connectivity index (χ4v) is 5.32. The lowest BCUT2D eigenvalue weighted by molar-refractivity contribution is 0.0788. The van der Waals surface area contributed by atoms with Gasteiger partial charge in [0.1, 0.15) is 0 Å². The molecule has 12 nitrogen and oxygen atoms in total. The van der Waals surface area contributed by atoms with Gasteiger partial charge in [-0.3, -0.25) is 13.9 Å². The van der Waals surface area contributed by atoms with E-state index in [1.807, 2.05) is 41.5 Å². The Morgan fingerprint density at radius 2 is 1.29 bits per heavy atom. The number of nitrogens with zero attached hydrogens (tertiary/aromatic N) is 5. The van der Waals surface area contributed by atoms with Crippen LogP contribution in [0.15, 0.2) is 48.9 Å². The highest BCUT2D eigenvalue weighted by molar-refractivity contribution is 4.94. The van der Waals surface area contributed by atoms with Crippen molar-refractivity contribution in [3.8, 4) is 0 Å². The lowest BCUT2D eigenvalue weighted by atomic mass is 9.78. The third-order valence-corrected chi connectivity index (χ3v) is 8.49. The van der Waals surface area contributed by atoms with Crippen molar-refractivity contribution in [3.05, 3.63) is 77.2 Å². The second kappa shape index (κ2) is 14.1. The molecule has 12 heteroatoms. The van der Waals surface area contributed by atoms with Crippen LogP contribution in [0.4, 0.5) is 0 Å². The molecule has 2 heterocycles. The van der Waals surface area contributed by atoms with E-state index in [0.29, 0.717) is 23.8 Å². The van der Waals surface area contributed by atoms with E-state index in [1.54, 1.807) is 0 Å². The maximum Gasteiger partial charge on any atom is 0.336 e. The van der Waals surface area contributed by atoms with E-state index >= 15 is 0 Å². The minimum absolute atomic E-state index is 0.190. The molecule has 0 saturated carbocycles. The molecule has 0 amide bonds. The summed E-state index contributed by atoms with van der Waals surface area (Å²) in [6.07, 6.45) is 4.43. The predicted molar refractivity (Wildman–Crippen MR) is 159 cm³/mol. The second-order valence-corrected chi connectivity index (χ2v) is 11.5. The zero-order valence-electron chi connectivity index (χ0n) is 25.3. The minimum Gasteiger partial charge on any atom is -0.391 e. The van der Waals surface area contributed by atoms with E-state index < -0.39 is 59.2 Å². The highest BCUT2D eigenvalue weighted by Gasteiger charge is 2.28. The molecule has 2 aromatic heterocycles. The van der Waals surface area contributed by atoms with Crippen molar-refractivity contribution in [1.29, 1.82) is 0 Å². The van der Waals surface area contributed by atoms with Crippen molar-refractivity contribution < 1.29 is 10.2 Å². The summed E-state index contributed by atoms with van der Waals surface area (Å²) in [5.74, 6) is 0. The van der Waals surface area contributed by atoms with Crippen molar-refractivity contribution in [2.24, 2.45) is 5.41 Å². The summed E-state index contributed by atoms with van der Waals surface area (Å²) in [4.78, 5) is 65.4. The molecular weight excluding hydrogens is 530 g/mol. The number of aliphatic hydroxyl groups excluding tert-OH is 2. The largest absolute Gasteiger partial charge is 0.391 e. The molecule has 0 aliphatic heterocycles. The third-order valence-electron chi connectivity index (χ3n) is 8.49. The smallest absolute Gasteiger partial charge is 0.336 e. The molecule has 0 radical (unpaired) electrons. The molecule has 41 heavy (non-hydrogen) atoms. The first-order chi connectivity index (χ1) is 19.2. The fourth-order valence-electron chi connectivity index (χ4n) is 5.32. The SMILES string of the molecule is C=CCn1c(=O)n(CC(O)Cn2c(=O)ccn(C(C)(CC)CC)c2=O)c(=O)n(CC(O)CC(C)(CC)CCC)c1=O. The van der Waals surface area contributed by atoms with E-state index in [-0.39, 0.29) is 18.5 Å². The van der Waals surface area contributed by atoms with Gasteiger partial charge < -0.3 is 10.2 Å². The predicted octanol–water partition coefficient (Wildman–Crippen LogP) is 1.24. The van der Waals surface area contributed by atoms with Crippen LogP contribution >= 0.6 is 0 Å². The Bertz CT molecular complexity index is 1490. The van der Waals surface area contributed by atoms with Crippen LogP contribution in [0.25, 0.3) is 0 Å². The molecule has 0 bridgehead atoms. The molecule has 3 unspecified atom stereocenters. The van der Waals surface area contributed by atoms with Crippen molar-refractivity contribution in [2.75, 3.05) is 0 Å². The summed E-state index contributed by atoms with van der Waals surface area (Å²) in [5, 5.41) is 21.8. The van der Waals surface area contributed by atoms with Crippen LogP contribution in [0, 0.1) is 5.41 Å². The summed E-state index contributed by atoms with van der Waals surface area (Å²) in [6.45, 7) is 13.9. The molecule has 2 aromatic rings. The Morgan fingerprint density at radius 3 is 1.78 bits per heavy atom. The first kappa shape index (κ1) is 34.0. The average molecular weight is 578 g/mol. The van der Waals surface area contributed by atoms with Gasteiger partial charge in [-0.1, -0.05) is 53.5 Å². The summed E-state index contributed by atoms with van der Waals surface area (Å²) in [5.41, 5.74) is -4.82. The molecule has 2 N–H and O–H groups in total. The molecule has 0 aromatic carbocycles. The lowest BCUT2D eigenvalue weighted by Crippen LogP contribution is -2.56. The highest BCUT2D eigenvalue weighted by Crippen LogP contribution is 2.32. The van der Waals surface area contributed by atoms with E-state index in [9.17, 15) is 34.2 Å². The van der Waals surface area contributed by atoms with E-state index in [4.69, 9.17) is 0 Å². The molecule has 2 rings (SSSR count). The average Bonchev–Trinajstić information content (AvgIpc) is 2.93. The number of hydrogen-bond acceptors (Lipinski definition) is 7. The van der Waals surface area contributed by atoms with Crippen LogP contribution in [0.5, 0.6) is 0 Å². The lowest BCUT2D eigenvalue weighted by Gasteiger charge is -2.30. The summed E-state index contributed by atoms with van der Waals surface area (Å²) < 4.78 is 4.62. The van der Waals surface area contributed by atoms with Crippen LogP contribution < -0.4 is 28.3 Å². The van der Waals surface area contributed by atoms with Crippen molar-refractivity contribution in [3.63, 3.8) is 0 Å². The van der Waals surface area contributed by atoms with E-state index in [2.05, 4.69) is 6.58 Å². The Morgan fingerprint density at radius 1 is 0.780 bits per heavy atom. The number of rotatable bonds is 16. The minimum atomic E-state index is -1.49. The Balaban J connectivity index is 2.51. The zero-order valence-corrected chi connectivity index (χ0v) is 25.3. The summed E-state index contributed by atoms with van der Waals surface area (Å²) in [6, 6.07) is 1.24. The Kier molecular flexibility index (Phi) is 11.7. The third kappa shape index (κ3) is 7.53. The summed E-state index contributed by atoms with van der Waals surface area (Å²) in [7, 11) is 0. The van der Waals surface area contributed by atoms with Gasteiger partial charge in [-0.25, -0.2) is 32.9 Å². The van der Waals surface area contributed by atoms with Gasteiger partial charge in [-0.15, -0.1) is 6.58 Å².